The number of aromatic nitrogens is 1. The van der Waals surface area contributed by atoms with E-state index in [4.69, 9.17) is 0 Å². The Kier molecular flexibility index (Phi) is 4.62. The van der Waals surface area contributed by atoms with E-state index >= 15 is 0 Å². The van der Waals surface area contributed by atoms with Crippen LogP contribution < -0.4 is 5.32 Å². The number of unbranched alkanes of at least 4 members (excludes halogenated alkanes) is 2. The highest BCUT2D eigenvalue weighted by atomic mass is 16.2. The molecule has 0 aromatic carbocycles. The van der Waals surface area contributed by atoms with Crippen molar-refractivity contribution in [2.24, 2.45) is 0 Å². The van der Waals surface area contributed by atoms with Crippen LogP contribution in [0.5, 0.6) is 0 Å². The largest absolute Gasteiger partial charge is 0.323 e. The van der Waals surface area contributed by atoms with Crippen molar-refractivity contribution < 1.29 is 14.4 Å². The van der Waals surface area contributed by atoms with Gasteiger partial charge in [-0.1, -0.05) is 19.8 Å². The highest BCUT2D eigenvalue weighted by Gasteiger charge is 2.27. The zero-order chi connectivity index (χ0) is 15.4. The van der Waals surface area contributed by atoms with Gasteiger partial charge in [-0.2, -0.15) is 0 Å². The standard InChI is InChI=1S/C16H18N2O3/c1-3-4-5-6-14(20)18-12-9-13(19)11-8-7-10(2)17-15(11)16(12)21/h7-9H,3-6H2,1-2H3,(H,18,20). The van der Waals surface area contributed by atoms with Gasteiger partial charge in [-0.25, -0.2) is 4.98 Å². The summed E-state index contributed by atoms with van der Waals surface area (Å²) in [5.41, 5.74) is 1.08. The van der Waals surface area contributed by atoms with Gasteiger partial charge in [0.05, 0.1) is 11.3 Å². The lowest BCUT2D eigenvalue weighted by molar-refractivity contribution is -0.120. The number of allylic oxidation sites excluding steroid dienone is 2. The molecule has 1 heterocycles. The Morgan fingerprint density at radius 2 is 2.00 bits per heavy atom. The number of nitrogens with one attached hydrogen (secondary N) is 1. The molecule has 1 amide bonds. The lowest BCUT2D eigenvalue weighted by Gasteiger charge is -2.15. The minimum atomic E-state index is -0.405. The summed E-state index contributed by atoms with van der Waals surface area (Å²) in [6.45, 7) is 3.80. The molecule has 0 saturated heterocycles. The smallest absolute Gasteiger partial charge is 0.228 e. The number of pyridine rings is 1. The zero-order valence-corrected chi connectivity index (χ0v) is 12.2. The molecule has 0 saturated carbocycles. The average molecular weight is 286 g/mol. The monoisotopic (exact) mass is 286 g/mol. The van der Waals surface area contributed by atoms with Gasteiger partial charge in [0, 0.05) is 18.2 Å². The lowest BCUT2D eigenvalue weighted by Crippen LogP contribution is -2.31. The number of carbonyl (C=O) groups is 3. The Bertz CT molecular complexity index is 632. The zero-order valence-electron chi connectivity index (χ0n) is 12.2. The molecule has 0 radical (unpaired) electrons. The van der Waals surface area contributed by atoms with E-state index in [0.29, 0.717) is 12.1 Å². The van der Waals surface area contributed by atoms with E-state index in [1.54, 1.807) is 19.1 Å². The SMILES string of the molecule is CCCCCC(=O)NC1=CC(=O)c2ccc(C)nc2C1=O. The molecule has 0 atom stereocenters. The fourth-order valence-electron chi connectivity index (χ4n) is 2.17. The van der Waals surface area contributed by atoms with Crippen molar-refractivity contribution in [3.63, 3.8) is 0 Å². The van der Waals surface area contributed by atoms with Crippen molar-refractivity contribution in [1.29, 1.82) is 0 Å². The van der Waals surface area contributed by atoms with Crippen LogP contribution in [0.3, 0.4) is 0 Å². The number of aryl methyl sites for hydroxylation is 1. The Hall–Kier alpha value is -2.30. The van der Waals surface area contributed by atoms with E-state index in [0.717, 1.165) is 19.3 Å². The van der Waals surface area contributed by atoms with Gasteiger partial charge in [-0.05, 0) is 25.5 Å². The van der Waals surface area contributed by atoms with Crippen LogP contribution in [0.15, 0.2) is 23.9 Å². The Balaban J connectivity index is 2.14. The number of rotatable bonds is 5. The molecule has 0 unspecified atom stereocenters. The molecule has 0 aliphatic heterocycles. The normalized spacial score (nSPS) is 13.7. The number of hydrogen-bond donors (Lipinski definition) is 1. The maximum atomic E-state index is 12.3. The molecule has 2 rings (SSSR count). The van der Waals surface area contributed by atoms with E-state index < -0.39 is 5.78 Å². The molecular weight excluding hydrogens is 268 g/mol. The van der Waals surface area contributed by atoms with Crippen molar-refractivity contribution in [2.75, 3.05) is 0 Å². The van der Waals surface area contributed by atoms with Crippen molar-refractivity contribution >= 4 is 17.5 Å². The van der Waals surface area contributed by atoms with Gasteiger partial charge in [0.1, 0.15) is 5.69 Å². The maximum Gasteiger partial charge on any atom is 0.228 e. The molecule has 1 aromatic rings. The van der Waals surface area contributed by atoms with Crippen molar-refractivity contribution in [3.8, 4) is 0 Å². The third kappa shape index (κ3) is 3.42. The van der Waals surface area contributed by atoms with Crippen molar-refractivity contribution in [2.45, 2.75) is 39.5 Å². The van der Waals surface area contributed by atoms with E-state index in [-0.39, 0.29) is 28.6 Å². The Morgan fingerprint density at radius 3 is 2.71 bits per heavy atom. The van der Waals surface area contributed by atoms with E-state index in [9.17, 15) is 14.4 Å². The van der Waals surface area contributed by atoms with Crippen LogP contribution in [0.4, 0.5) is 0 Å². The van der Waals surface area contributed by atoms with E-state index in [1.165, 1.54) is 6.08 Å². The highest BCUT2D eigenvalue weighted by Crippen LogP contribution is 2.19. The minimum Gasteiger partial charge on any atom is -0.323 e. The van der Waals surface area contributed by atoms with Crippen LogP contribution >= 0.6 is 0 Å². The number of nitrogens with zero attached hydrogens (tertiary/aromatic N) is 1. The third-order valence-corrected chi connectivity index (χ3v) is 3.32. The van der Waals surface area contributed by atoms with Crippen LogP contribution in [0.25, 0.3) is 0 Å². The highest BCUT2D eigenvalue weighted by molar-refractivity contribution is 6.24. The first kappa shape index (κ1) is 15.1. The number of carbonyl (C=O) groups excluding carboxylic acids is 3. The summed E-state index contributed by atoms with van der Waals surface area (Å²) in [6.07, 6.45) is 4.28. The summed E-state index contributed by atoms with van der Waals surface area (Å²) in [6, 6.07) is 3.28. The summed E-state index contributed by atoms with van der Waals surface area (Å²) in [7, 11) is 0. The second kappa shape index (κ2) is 6.43. The summed E-state index contributed by atoms with van der Waals surface area (Å²) >= 11 is 0. The predicted molar refractivity (Wildman–Crippen MR) is 78.0 cm³/mol. The second-order valence-corrected chi connectivity index (χ2v) is 5.11. The van der Waals surface area contributed by atoms with E-state index in [2.05, 4.69) is 17.2 Å². The number of ketones is 2. The number of Topliss-reactive ketones (excluding diaryl/α,β-unsaturated/α-hetero) is 1. The molecule has 5 nitrogen and oxygen atoms in total. The van der Waals surface area contributed by atoms with Gasteiger partial charge in [0.25, 0.3) is 0 Å². The molecule has 5 heteroatoms. The first-order valence-electron chi connectivity index (χ1n) is 7.11. The number of hydrogen-bond acceptors (Lipinski definition) is 4. The fourth-order valence-corrected chi connectivity index (χ4v) is 2.17. The fraction of sp³-hybridized carbons (Fsp3) is 0.375. The molecule has 110 valence electrons. The van der Waals surface area contributed by atoms with Gasteiger partial charge < -0.3 is 5.32 Å². The Morgan fingerprint density at radius 1 is 1.24 bits per heavy atom. The molecule has 0 spiro atoms. The Labute approximate surface area is 123 Å². The first-order chi connectivity index (χ1) is 10.0. The first-order valence-corrected chi connectivity index (χ1v) is 7.11. The maximum absolute atomic E-state index is 12.3. The molecule has 1 N–H and O–H groups in total. The molecule has 21 heavy (non-hydrogen) atoms. The summed E-state index contributed by atoms with van der Waals surface area (Å²) in [5.74, 6) is -0.954. The number of fused-ring (bicyclic) bond motifs is 1. The van der Waals surface area contributed by atoms with Gasteiger partial charge in [-0.3, -0.25) is 14.4 Å². The van der Waals surface area contributed by atoms with E-state index in [1.807, 2.05) is 0 Å². The van der Waals surface area contributed by atoms with Crippen molar-refractivity contribution in [3.05, 3.63) is 40.9 Å². The molecule has 0 fully saturated rings. The van der Waals surface area contributed by atoms with Gasteiger partial charge in [0.2, 0.25) is 11.7 Å². The summed E-state index contributed by atoms with van der Waals surface area (Å²) in [5, 5.41) is 2.53. The molecular formula is C16H18N2O3. The predicted octanol–water partition coefficient (Wildman–Crippen LogP) is 2.35. The van der Waals surface area contributed by atoms with Gasteiger partial charge in [-0.15, -0.1) is 0 Å². The topological polar surface area (TPSA) is 76.1 Å². The molecule has 1 aromatic heterocycles. The van der Waals surface area contributed by atoms with Gasteiger partial charge >= 0.3 is 0 Å². The summed E-state index contributed by atoms with van der Waals surface area (Å²) < 4.78 is 0. The summed E-state index contributed by atoms with van der Waals surface area (Å²) in [4.78, 5) is 40.2. The van der Waals surface area contributed by atoms with Crippen molar-refractivity contribution in [1.82, 2.24) is 10.3 Å². The molecule has 0 bridgehead atoms. The minimum absolute atomic E-state index is 0.0205. The molecule has 1 aliphatic rings. The lowest BCUT2D eigenvalue weighted by atomic mass is 9.97. The average Bonchev–Trinajstić information content (AvgIpc) is 2.44. The van der Waals surface area contributed by atoms with Crippen LogP contribution in [0.1, 0.15) is 59.1 Å². The molecule has 1 aliphatic carbocycles. The van der Waals surface area contributed by atoms with Gasteiger partial charge in [0.15, 0.2) is 5.78 Å². The van der Waals surface area contributed by atoms with Crippen LogP contribution in [0, 0.1) is 6.92 Å². The van der Waals surface area contributed by atoms with Crippen LogP contribution in [-0.2, 0) is 4.79 Å². The van der Waals surface area contributed by atoms with Crippen LogP contribution in [0.2, 0.25) is 0 Å². The second-order valence-electron chi connectivity index (χ2n) is 5.11. The third-order valence-electron chi connectivity index (χ3n) is 3.32. The quantitative estimate of drug-likeness (QED) is 0.843. The van der Waals surface area contributed by atoms with Crippen LogP contribution in [-0.4, -0.2) is 22.5 Å². The number of amides is 1.